The Balaban J connectivity index is 1.30. The summed E-state index contributed by atoms with van der Waals surface area (Å²) in [6, 6.07) is 22.3. The number of hydrogen-bond acceptors (Lipinski definition) is 4. The van der Waals surface area contributed by atoms with Gasteiger partial charge in [0.05, 0.1) is 17.6 Å². The van der Waals surface area contributed by atoms with E-state index < -0.39 is 11.1 Å². The minimum absolute atomic E-state index is 0.0153. The number of anilines is 1. The number of carbonyl (C=O) groups excluding carboxylic acids is 1. The quantitative estimate of drug-likeness (QED) is 0.413. The number of aryl methyl sites for hydroxylation is 1. The van der Waals surface area contributed by atoms with Crippen molar-refractivity contribution in [3.05, 3.63) is 110 Å². The van der Waals surface area contributed by atoms with Crippen LogP contribution in [0.15, 0.2) is 82.4 Å². The van der Waals surface area contributed by atoms with Crippen molar-refractivity contribution >= 4 is 34.2 Å². The standard InChI is InChI=1S/C27H25ClN4O3/c1-29-23-7-2-3-8-24(23)32(27(35)26(29)34)18-19-9-11-20(12-10-19)25(33)31-15-13-30(14-16-31)22-6-4-5-21(28)17-22/h2-12,17H,13-16,18H2,1H3. The Kier molecular flexibility index (Phi) is 6.17. The number of benzene rings is 3. The fourth-order valence-corrected chi connectivity index (χ4v) is 4.75. The predicted molar refractivity (Wildman–Crippen MR) is 139 cm³/mol. The number of hydrogen-bond donors (Lipinski definition) is 0. The van der Waals surface area contributed by atoms with Gasteiger partial charge in [-0.05, 0) is 48.0 Å². The molecular formula is C27H25ClN4O3. The molecule has 0 unspecified atom stereocenters. The van der Waals surface area contributed by atoms with Crippen molar-refractivity contribution in [2.45, 2.75) is 6.54 Å². The number of aromatic nitrogens is 2. The highest BCUT2D eigenvalue weighted by Gasteiger charge is 2.22. The first-order chi connectivity index (χ1) is 16.9. The van der Waals surface area contributed by atoms with Crippen molar-refractivity contribution in [2.75, 3.05) is 31.1 Å². The first-order valence-corrected chi connectivity index (χ1v) is 11.9. The second kappa shape index (κ2) is 9.43. The van der Waals surface area contributed by atoms with E-state index in [1.54, 1.807) is 19.2 Å². The Hall–Kier alpha value is -3.84. The molecule has 0 bridgehead atoms. The van der Waals surface area contributed by atoms with E-state index in [2.05, 4.69) is 4.90 Å². The van der Waals surface area contributed by atoms with E-state index in [4.69, 9.17) is 11.6 Å². The summed E-state index contributed by atoms with van der Waals surface area (Å²) in [6.07, 6.45) is 0. The SMILES string of the molecule is Cn1c(=O)c(=O)n(Cc2ccc(C(=O)N3CCN(c4cccc(Cl)c4)CC3)cc2)c2ccccc21. The lowest BCUT2D eigenvalue weighted by atomic mass is 10.1. The highest BCUT2D eigenvalue weighted by Crippen LogP contribution is 2.21. The van der Waals surface area contributed by atoms with Gasteiger partial charge >= 0.3 is 11.1 Å². The van der Waals surface area contributed by atoms with Gasteiger partial charge in [0.1, 0.15) is 0 Å². The van der Waals surface area contributed by atoms with Gasteiger partial charge in [0.2, 0.25) is 0 Å². The fraction of sp³-hybridized carbons (Fsp3) is 0.222. The summed E-state index contributed by atoms with van der Waals surface area (Å²) in [6.45, 7) is 2.98. The van der Waals surface area contributed by atoms with Crippen LogP contribution in [-0.2, 0) is 13.6 Å². The molecule has 1 aliphatic heterocycles. The topological polar surface area (TPSA) is 67.5 Å². The zero-order valence-corrected chi connectivity index (χ0v) is 20.1. The van der Waals surface area contributed by atoms with Crippen LogP contribution < -0.4 is 16.0 Å². The van der Waals surface area contributed by atoms with Crippen LogP contribution in [0.5, 0.6) is 0 Å². The molecule has 4 aromatic rings. The first-order valence-electron chi connectivity index (χ1n) is 11.5. The van der Waals surface area contributed by atoms with Crippen LogP contribution >= 0.6 is 11.6 Å². The average Bonchev–Trinajstić information content (AvgIpc) is 2.90. The van der Waals surface area contributed by atoms with Crippen LogP contribution in [0.25, 0.3) is 11.0 Å². The minimum atomic E-state index is -0.566. The number of nitrogens with zero attached hydrogens (tertiary/aromatic N) is 4. The molecule has 7 nitrogen and oxygen atoms in total. The second-order valence-electron chi connectivity index (χ2n) is 8.70. The van der Waals surface area contributed by atoms with Gasteiger partial charge in [-0.2, -0.15) is 0 Å². The molecule has 8 heteroatoms. The molecule has 1 saturated heterocycles. The summed E-state index contributed by atoms with van der Waals surface area (Å²) in [4.78, 5) is 42.3. The lowest BCUT2D eigenvalue weighted by Crippen LogP contribution is -2.48. The highest BCUT2D eigenvalue weighted by molar-refractivity contribution is 6.30. The maximum atomic E-state index is 13.1. The van der Waals surface area contributed by atoms with E-state index in [-0.39, 0.29) is 12.5 Å². The number of halogens is 1. The van der Waals surface area contributed by atoms with Gasteiger partial charge in [0, 0.05) is 49.5 Å². The van der Waals surface area contributed by atoms with Gasteiger partial charge in [-0.25, -0.2) is 0 Å². The molecule has 1 aliphatic rings. The smallest absolute Gasteiger partial charge is 0.317 e. The van der Waals surface area contributed by atoms with E-state index in [9.17, 15) is 14.4 Å². The summed E-state index contributed by atoms with van der Waals surface area (Å²) < 4.78 is 2.87. The zero-order valence-electron chi connectivity index (χ0n) is 19.4. The number of carbonyl (C=O) groups is 1. The van der Waals surface area contributed by atoms with Crippen molar-refractivity contribution in [3.63, 3.8) is 0 Å². The third kappa shape index (κ3) is 4.47. The molecule has 1 aromatic heterocycles. The molecule has 3 aromatic carbocycles. The van der Waals surface area contributed by atoms with Crippen LogP contribution in [-0.4, -0.2) is 46.1 Å². The van der Waals surface area contributed by atoms with Crippen LogP contribution in [0.2, 0.25) is 5.02 Å². The Bertz CT molecular complexity index is 1520. The first kappa shape index (κ1) is 22.9. The van der Waals surface area contributed by atoms with Crippen molar-refractivity contribution < 1.29 is 4.79 Å². The summed E-state index contributed by atoms with van der Waals surface area (Å²) >= 11 is 6.11. The average molecular weight is 489 g/mol. The van der Waals surface area contributed by atoms with E-state index >= 15 is 0 Å². The van der Waals surface area contributed by atoms with E-state index in [1.165, 1.54) is 9.13 Å². The summed E-state index contributed by atoms with van der Waals surface area (Å²) in [5.41, 5.74) is 2.76. The molecule has 1 fully saturated rings. The van der Waals surface area contributed by atoms with Crippen LogP contribution in [0.1, 0.15) is 15.9 Å². The predicted octanol–water partition coefficient (Wildman–Crippen LogP) is 3.36. The normalized spacial score (nSPS) is 13.9. The zero-order chi connectivity index (χ0) is 24.5. The maximum Gasteiger partial charge on any atom is 0.317 e. The Morgan fingerprint density at radius 1 is 0.829 bits per heavy atom. The Morgan fingerprint density at radius 3 is 2.20 bits per heavy atom. The highest BCUT2D eigenvalue weighted by atomic mass is 35.5. The van der Waals surface area contributed by atoms with Crippen molar-refractivity contribution in [1.82, 2.24) is 14.0 Å². The lowest BCUT2D eigenvalue weighted by molar-refractivity contribution is 0.0747. The Labute approximate surface area is 207 Å². The van der Waals surface area contributed by atoms with Crippen LogP contribution in [0.3, 0.4) is 0 Å². The fourth-order valence-electron chi connectivity index (χ4n) is 4.57. The number of amides is 1. The van der Waals surface area contributed by atoms with Gasteiger partial charge in [-0.15, -0.1) is 0 Å². The molecule has 0 atom stereocenters. The number of fused-ring (bicyclic) bond motifs is 1. The Morgan fingerprint density at radius 2 is 1.51 bits per heavy atom. The summed E-state index contributed by atoms with van der Waals surface area (Å²) in [7, 11) is 1.60. The second-order valence-corrected chi connectivity index (χ2v) is 9.14. The van der Waals surface area contributed by atoms with Gasteiger partial charge in [0.15, 0.2) is 0 Å². The van der Waals surface area contributed by atoms with E-state index in [0.29, 0.717) is 34.7 Å². The molecular weight excluding hydrogens is 464 g/mol. The molecule has 0 spiro atoms. The molecule has 0 radical (unpaired) electrons. The molecule has 1 amide bonds. The summed E-state index contributed by atoms with van der Waals surface area (Å²) in [5, 5.41) is 0.701. The molecule has 35 heavy (non-hydrogen) atoms. The summed E-state index contributed by atoms with van der Waals surface area (Å²) in [5.74, 6) is -0.0153. The molecule has 178 valence electrons. The van der Waals surface area contributed by atoms with Crippen molar-refractivity contribution in [1.29, 1.82) is 0 Å². The molecule has 5 rings (SSSR count). The van der Waals surface area contributed by atoms with Crippen molar-refractivity contribution in [3.8, 4) is 0 Å². The van der Waals surface area contributed by atoms with Gasteiger partial charge in [-0.1, -0.05) is 41.9 Å². The largest absolute Gasteiger partial charge is 0.368 e. The van der Waals surface area contributed by atoms with Crippen LogP contribution in [0.4, 0.5) is 5.69 Å². The maximum absolute atomic E-state index is 13.1. The monoisotopic (exact) mass is 488 g/mol. The van der Waals surface area contributed by atoms with Gasteiger partial charge in [0.25, 0.3) is 5.91 Å². The van der Waals surface area contributed by atoms with Crippen molar-refractivity contribution in [2.24, 2.45) is 7.05 Å². The molecule has 2 heterocycles. The molecule has 0 aliphatic carbocycles. The lowest BCUT2D eigenvalue weighted by Gasteiger charge is -2.36. The third-order valence-corrected chi connectivity index (χ3v) is 6.78. The van der Waals surface area contributed by atoms with Crippen LogP contribution in [0, 0.1) is 0 Å². The number of rotatable bonds is 4. The third-order valence-electron chi connectivity index (χ3n) is 6.55. The number of para-hydroxylation sites is 2. The minimum Gasteiger partial charge on any atom is -0.368 e. The number of piperazine rings is 1. The molecule has 0 N–H and O–H groups in total. The molecule has 0 saturated carbocycles. The van der Waals surface area contributed by atoms with Gasteiger partial charge in [-0.3, -0.25) is 19.0 Å². The van der Waals surface area contributed by atoms with Gasteiger partial charge < -0.3 is 14.4 Å². The van der Waals surface area contributed by atoms with E-state index in [0.717, 1.165) is 24.3 Å². The van der Waals surface area contributed by atoms with E-state index in [1.807, 2.05) is 65.6 Å².